The van der Waals surface area contributed by atoms with Crippen molar-refractivity contribution in [3.8, 4) is 0 Å². The molecule has 2 N–H and O–H groups in total. The van der Waals surface area contributed by atoms with Crippen LogP contribution in [0.1, 0.15) is 46.0 Å². The fourth-order valence-electron chi connectivity index (χ4n) is 3.22. The molecule has 2 saturated heterocycles. The van der Waals surface area contributed by atoms with Crippen LogP contribution in [-0.4, -0.2) is 65.5 Å². The Balaban J connectivity index is 1.79. The quantitative estimate of drug-likeness (QED) is 0.795. The number of likely N-dealkylation sites (tertiary alicyclic amines) is 2. The van der Waals surface area contributed by atoms with Crippen LogP contribution in [0.5, 0.6) is 0 Å². The lowest BCUT2D eigenvalue weighted by atomic mass is 9.89. The zero-order valence-corrected chi connectivity index (χ0v) is 14.7. The Labute approximate surface area is 143 Å². The molecule has 1 atom stereocenters. The first-order valence-electron chi connectivity index (χ1n) is 8.86. The average molecular weight is 339 g/mol. The van der Waals surface area contributed by atoms with Crippen LogP contribution in [0.2, 0.25) is 0 Å². The van der Waals surface area contributed by atoms with Crippen molar-refractivity contribution < 1.29 is 19.5 Å². The van der Waals surface area contributed by atoms with Crippen molar-refractivity contribution in [2.24, 2.45) is 11.3 Å². The summed E-state index contributed by atoms with van der Waals surface area (Å²) in [5, 5.41) is 11.9. The lowest BCUT2D eigenvalue weighted by molar-refractivity contribution is -0.147. The van der Waals surface area contributed by atoms with Gasteiger partial charge in [-0.25, -0.2) is 4.79 Å². The Morgan fingerprint density at radius 3 is 2.33 bits per heavy atom. The van der Waals surface area contributed by atoms with E-state index in [9.17, 15) is 14.4 Å². The minimum Gasteiger partial charge on any atom is -0.481 e. The second kappa shape index (κ2) is 7.85. The standard InChI is InChI=1S/C17H29N3O4/c1-17(2,15(22)23)7-8-18-14(21)13-6-5-11-20(12-13)16(24)19-9-3-4-10-19/h13H,3-12H2,1-2H3,(H,18,21)(H,22,23). The molecule has 0 aromatic rings. The summed E-state index contributed by atoms with van der Waals surface area (Å²) in [7, 11) is 0. The van der Waals surface area contributed by atoms with Gasteiger partial charge in [0.1, 0.15) is 0 Å². The smallest absolute Gasteiger partial charge is 0.320 e. The van der Waals surface area contributed by atoms with Gasteiger partial charge in [-0.15, -0.1) is 0 Å². The van der Waals surface area contributed by atoms with Gasteiger partial charge in [-0.05, 0) is 46.0 Å². The molecule has 2 fully saturated rings. The molecular formula is C17H29N3O4. The SMILES string of the molecule is CC(C)(CCNC(=O)C1CCCN(C(=O)N2CCCC2)C1)C(=O)O. The first kappa shape index (κ1) is 18.5. The second-order valence-corrected chi connectivity index (χ2v) is 7.49. The highest BCUT2D eigenvalue weighted by atomic mass is 16.4. The van der Waals surface area contributed by atoms with E-state index in [0.29, 0.717) is 26.1 Å². The number of aliphatic carboxylic acids is 1. The molecule has 136 valence electrons. The van der Waals surface area contributed by atoms with Crippen molar-refractivity contribution in [1.29, 1.82) is 0 Å². The van der Waals surface area contributed by atoms with E-state index < -0.39 is 11.4 Å². The fourth-order valence-corrected chi connectivity index (χ4v) is 3.22. The van der Waals surface area contributed by atoms with Gasteiger partial charge < -0.3 is 20.2 Å². The number of hydrogen-bond acceptors (Lipinski definition) is 3. The van der Waals surface area contributed by atoms with Gasteiger partial charge in [0, 0.05) is 32.7 Å². The van der Waals surface area contributed by atoms with Gasteiger partial charge >= 0.3 is 12.0 Å². The van der Waals surface area contributed by atoms with Crippen molar-refractivity contribution in [2.75, 3.05) is 32.7 Å². The van der Waals surface area contributed by atoms with E-state index in [2.05, 4.69) is 5.32 Å². The summed E-state index contributed by atoms with van der Waals surface area (Å²) in [6.45, 7) is 6.45. The molecule has 0 aromatic carbocycles. The van der Waals surface area contributed by atoms with Gasteiger partial charge in [0.2, 0.25) is 5.91 Å². The zero-order chi connectivity index (χ0) is 17.7. The summed E-state index contributed by atoms with van der Waals surface area (Å²) in [6.07, 6.45) is 4.11. The average Bonchev–Trinajstić information content (AvgIpc) is 3.08. The van der Waals surface area contributed by atoms with Crippen LogP contribution in [0.15, 0.2) is 0 Å². The zero-order valence-electron chi connectivity index (χ0n) is 14.7. The first-order valence-corrected chi connectivity index (χ1v) is 8.86. The van der Waals surface area contributed by atoms with Crippen LogP contribution < -0.4 is 5.32 Å². The number of nitrogens with zero attached hydrogens (tertiary/aromatic N) is 2. The molecule has 2 aliphatic heterocycles. The molecule has 3 amide bonds. The van der Waals surface area contributed by atoms with E-state index in [4.69, 9.17) is 5.11 Å². The predicted molar refractivity (Wildman–Crippen MR) is 89.5 cm³/mol. The summed E-state index contributed by atoms with van der Waals surface area (Å²) in [5.41, 5.74) is -0.850. The number of carbonyl (C=O) groups excluding carboxylic acids is 2. The predicted octanol–water partition coefficient (Wildman–Crippen LogP) is 1.53. The Kier molecular flexibility index (Phi) is 6.07. The lowest BCUT2D eigenvalue weighted by Crippen LogP contribution is -2.49. The summed E-state index contributed by atoms with van der Waals surface area (Å²) in [6, 6.07) is 0.0528. The topological polar surface area (TPSA) is 90.0 Å². The monoisotopic (exact) mass is 339 g/mol. The third kappa shape index (κ3) is 4.61. The van der Waals surface area contributed by atoms with Gasteiger partial charge in [0.05, 0.1) is 11.3 Å². The van der Waals surface area contributed by atoms with Gasteiger partial charge in [-0.1, -0.05) is 0 Å². The van der Waals surface area contributed by atoms with E-state index in [1.54, 1.807) is 18.7 Å². The van der Waals surface area contributed by atoms with Gasteiger partial charge in [-0.2, -0.15) is 0 Å². The van der Waals surface area contributed by atoms with E-state index in [1.165, 1.54) is 0 Å². The van der Waals surface area contributed by atoms with Crippen molar-refractivity contribution in [3.63, 3.8) is 0 Å². The third-order valence-electron chi connectivity index (χ3n) is 5.07. The maximum Gasteiger partial charge on any atom is 0.320 e. The Morgan fingerprint density at radius 1 is 1.08 bits per heavy atom. The second-order valence-electron chi connectivity index (χ2n) is 7.49. The van der Waals surface area contributed by atoms with Gasteiger partial charge in [0.25, 0.3) is 0 Å². The number of nitrogens with one attached hydrogen (secondary N) is 1. The van der Waals surface area contributed by atoms with Crippen LogP contribution in [0, 0.1) is 11.3 Å². The molecule has 0 bridgehead atoms. The highest BCUT2D eigenvalue weighted by Crippen LogP contribution is 2.21. The van der Waals surface area contributed by atoms with E-state index in [0.717, 1.165) is 38.8 Å². The van der Waals surface area contributed by atoms with Gasteiger partial charge in [-0.3, -0.25) is 9.59 Å². The normalized spacial score (nSPS) is 21.7. The molecule has 24 heavy (non-hydrogen) atoms. The fraction of sp³-hybridized carbons (Fsp3) is 0.824. The maximum atomic E-state index is 12.4. The minimum atomic E-state index is -0.864. The van der Waals surface area contributed by atoms with Crippen LogP contribution >= 0.6 is 0 Å². The number of hydrogen-bond donors (Lipinski definition) is 2. The van der Waals surface area contributed by atoms with Crippen molar-refractivity contribution in [1.82, 2.24) is 15.1 Å². The number of carboxylic acids is 1. The Hall–Kier alpha value is -1.79. The molecule has 7 heteroatoms. The number of rotatable bonds is 5. The number of piperidine rings is 1. The minimum absolute atomic E-state index is 0.0528. The molecule has 1 unspecified atom stereocenters. The van der Waals surface area contributed by atoms with E-state index in [-0.39, 0.29) is 17.9 Å². The largest absolute Gasteiger partial charge is 0.481 e. The van der Waals surface area contributed by atoms with Crippen LogP contribution in [0.4, 0.5) is 4.79 Å². The van der Waals surface area contributed by atoms with Crippen LogP contribution in [-0.2, 0) is 9.59 Å². The maximum absolute atomic E-state index is 12.4. The number of urea groups is 1. The number of carbonyl (C=O) groups is 3. The van der Waals surface area contributed by atoms with Crippen molar-refractivity contribution >= 4 is 17.9 Å². The van der Waals surface area contributed by atoms with Crippen molar-refractivity contribution in [2.45, 2.75) is 46.0 Å². The molecule has 2 heterocycles. The summed E-state index contributed by atoms with van der Waals surface area (Å²) in [5.74, 6) is -1.13. The van der Waals surface area contributed by atoms with Crippen LogP contribution in [0.25, 0.3) is 0 Å². The molecule has 7 nitrogen and oxygen atoms in total. The number of amides is 3. The van der Waals surface area contributed by atoms with E-state index in [1.807, 2.05) is 4.90 Å². The summed E-state index contributed by atoms with van der Waals surface area (Å²) >= 11 is 0. The Bertz CT molecular complexity index is 486. The molecular weight excluding hydrogens is 310 g/mol. The molecule has 0 saturated carbocycles. The van der Waals surface area contributed by atoms with E-state index >= 15 is 0 Å². The van der Waals surface area contributed by atoms with Crippen molar-refractivity contribution in [3.05, 3.63) is 0 Å². The lowest BCUT2D eigenvalue weighted by Gasteiger charge is -2.34. The summed E-state index contributed by atoms with van der Waals surface area (Å²) < 4.78 is 0. The molecule has 0 aliphatic carbocycles. The molecule has 0 aromatic heterocycles. The molecule has 2 rings (SSSR count). The number of carboxylic acid groups (broad SMARTS) is 1. The highest BCUT2D eigenvalue weighted by molar-refractivity contribution is 5.81. The summed E-state index contributed by atoms with van der Waals surface area (Å²) in [4.78, 5) is 39.5. The van der Waals surface area contributed by atoms with Crippen LogP contribution in [0.3, 0.4) is 0 Å². The molecule has 2 aliphatic rings. The third-order valence-corrected chi connectivity index (χ3v) is 5.07. The highest BCUT2D eigenvalue weighted by Gasteiger charge is 2.32. The first-order chi connectivity index (χ1) is 11.3. The Morgan fingerprint density at radius 2 is 1.71 bits per heavy atom. The molecule has 0 radical (unpaired) electrons. The molecule has 0 spiro atoms. The van der Waals surface area contributed by atoms with Gasteiger partial charge in [0.15, 0.2) is 0 Å².